The van der Waals surface area contributed by atoms with Gasteiger partial charge in [0.1, 0.15) is 5.01 Å². The molecule has 0 aliphatic heterocycles. The highest BCUT2D eigenvalue weighted by molar-refractivity contribution is 7.09. The molecule has 1 heterocycles. The molecule has 3 N–H and O–H groups in total. The number of urea groups is 1. The van der Waals surface area contributed by atoms with E-state index in [1.807, 2.05) is 5.38 Å². The van der Waals surface area contributed by atoms with Gasteiger partial charge in [0, 0.05) is 24.5 Å². The maximum Gasteiger partial charge on any atom is 0.315 e. The van der Waals surface area contributed by atoms with Crippen molar-refractivity contribution in [1.29, 1.82) is 0 Å². The number of hydrogen-bond donors (Lipinski definition) is 3. The van der Waals surface area contributed by atoms with Gasteiger partial charge in [-0.3, -0.25) is 4.79 Å². The fourth-order valence-corrected chi connectivity index (χ4v) is 2.67. The van der Waals surface area contributed by atoms with E-state index < -0.39 is 5.97 Å². The molecule has 1 unspecified atom stereocenters. The van der Waals surface area contributed by atoms with Crippen molar-refractivity contribution >= 4 is 23.3 Å². The third kappa shape index (κ3) is 8.29. The van der Waals surface area contributed by atoms with Crippen molar-refractivity contribution in [3.8, 4) is 0 Å². The first-order chi connectivity index (χ1) is 10.1. The molecule has 1 atom stereocenters. The maximum atomic E-state index is 11.6. The lowest BCUT2D eigenvalue weighted by Crippen LogP contribution is -2.36. The number of nitrogens with one attached hydrogen (secondary N) is 2. The van der Waals surface area contributed by atoms with E-state index in [1.54, 1.807) is 6.20 Å². The summed E-state index contributed by atoms with van der Waals surface area (Å²) in [6.07, 6.45) is 5.41. The number of aromatic nitrogens is 1. The molecule has 6 nitrogen and oxygen atoms in total. The first kappa shape index (κ1) is 17.4. The number of amides is 2. The van der Waals surface area contributed by atoms with Gasteiger partial charge in [-0.1, -0.05) is 19.8 Å². The Morgan fingerprint density at radius 3 is 2.76 bits per heavy atom. The largest absolute Gasteiger partial charge is 0.481 e. The Kier molecular flexibility index (Phi) is 8.42. The molecule has 118 valence electrons. The molecule has 21 heavy (non-hydrogen) atoms. The van der Waals surface area contributed by atoms with E-state index in [0.717, 1.165) is 24.3 Å². The van der Waals surface area contributed by atoms with Crippen LogP contribution in [0.2, 0.25) is 0 Å². The fraction of sp³-hybridized carbons (Fsp3) is 0.643. The third-order valence-corrected chi connectivity index (χ3v) is 3.96. The molecule has 0 aliphatic rings. The summed E-state index contributed by atoms with van der Waals surface area (Å²) in [6.45, 7) is 3.08. The van der Waals surface area contributed by atoms with Crippen molar-refractivity contribution in [3.63, 3.8) is 0 Å². The smallest absolute Gasteiger partial charge is 0.315 e. The van der Waals surface area contributed by atoms with Crippen molar-refractivity contribution in [3.05, 3.63) is 16.6 Å². The normalized spacial score (nSPS) is 11.9. The second-order valence-electron chi connectivity index (χ2n) is 4.91. The van der Waals surface area contributed by atoms with Crippen LogP contribution in [0.5, 0.6) is 0 Å². The van der Waals surface area contributed by atoms with E-state index in [9.17, 15) is 9.59 Å². The average Bonchev–Trinajstić information content (AvgIpc) is 2.95. The first-order valence-electron chi connectivity index (χ1n) is 7.23. The van der Waals surface area contributed by atoms with Crippen LogP contribution >= 0.6 is 11.3 Å². The van der Waals surface area contributed by atoms with Crippen LogP contribution in [0.15, 0.2) is 11.6 Å². The number of rotatable bonds is 10. The zero-order valence-corrected chi connectivity index (χ0v) is 13.1. The maximum absolute atomic E-state index is 11.6. The Bertz CT molecular complexity index is 423. The van der Waals surface area contributed by atoms with Gasteiger partial charge >= 0.3 is 12.0 Å². The van der Waals surface area contributed by atoms with E-state index in [0.29, 0.717) is 25.4 Å². The quantitative estimate of drug-likeness (QED) is 0.619. The molecule has 0 saturated heterocycles. The minimum Gasteiger partial charge on any atom is -0.481 e. The van der Waals surface area contributed by atoms with Crippen LogP contribution in [0.25, 0.3) is 0 Å². The van der Waals surface area contributed by atoms with Gasteiger partial charge in [-0.25, -0.2) is 9.78 Å². The molecule has 0 saturated carbocycles. The zero-order chi connectivity index (χ0) is 15.5. The highest BCUT2D eigenvalue weighted by Crippen LogP contribution is 2.17. The molecule has 0 aromatic carbocycles. The van der Waals surface area contributed by atoms with Crippen molar-refractivity contribution in [2.24, 2.45) is 5.92 Å². The summed E-state index contributed by atoms with van der Waals surface area (Å²) in [5.74, 6) is -0.407. The minimum atomic E-state index is -0.759. The summed E-state index contributed by atoms with van der Waals surface area (Å²) in [7, 11) is 0. The zero-order valence-electron chi connectivity index (χ0n) is 12.3. The van der Waals surface area contributed by atoms with Gasteiger partial charge in [0.15, 0.2) is 0 Å². The topological polar surface area (TPSA) is 91.3 Å². The molecule has 2 amide bonds. The van der Waals surface area contributed by atoms with Gasteiger partial charge in [0.2, 0.25) is 0 Å². The Labute approximate surface area is 129 Å². The lowest BCUT2D eigenvalue weighted by atomic mass is 9.94. The SMILES string of the molecule is CCCC(CCNC(=O)NCc1nccs1)CCC(=O)O. The summed E-state index contributed by atoms with van der Waals surface area (Å²) in [5.41, 5.74) is 0. The Balaban J connectivity index is 2.16. The fourth-order valence-electron chi connectivity index (χ4n) is 2.12. The van der Waals surface area contributed by atoms with Gasteiger partial charge in [-0.05, 0) is 18.8 Å². The number of carbonyl (C=O) groups is 2. The first-order valence-corrected chi connectivity index (χ1v) is 8.11. The summed E-state index contributed by atoms with van der Waals surface area (Å²) in [4.78, 5) is 26.3. The minimum absolute atomic E-state index is 0.195. The Morgan fingerprint density at radius 2 is 2.14 bits per heavy atom. The molecule has 0 spiro atoms. The van der Waals surface area contributed by atoms with E-state index in [2.05, 4.69) is 22.5 Å². The second kappa shape index (κ2) is 10.1. The van der Waals surface area contributed by atoms with E-state index in [1.165, 1.54) is 11.3 Å². The van der Waals surface area contributed by atoms with E-state index >= 15 is 0 Å². The van der Waals surface area contributed by atoms with Crippen LogP contribution < -0.4 is 10.6 Å². The number of thiazole rings is 1. The summed E-state index contributed by atoms with van der Waals surface area (Å²) >= 11 is 1.50. The van der Waals surface area contributed by atoms with E-state index in [4.69, 9.17) is 5.11 Å². The molecule has 0 bridgehead atoms. The molecular formula is C14H23N3O3S. The van der Waals surface area contributed by atoms with Crippen molar-refractivity contribution in [2.45, 2.75) is 45.6 Å². The van der Waals surface area contributed by atoms with Crippen molar-refractivity contribution in [2.75, 3.05) is 6.54 Å². The molecular weight excluding hydrogens is 290 g/mol. The standard InChI is InChI=1S/C14H23N3O3S/c1-2-3-11(4-5-13(18)19)6-7-16-14(20)17-10-12-15-8-9-21-12/h8-9,11H,2-7,10H2,1H3,(H,18,19)(H2,16,17,20). The van der Waals surface area contributed by atoms with Gasteiger partial charge < -0.3 is 15.7 Å². The molecule has 1 rings (SSSR count). The van der Waals surface area contributed by atoms with Crippen LogP contribution in [0.3, 0.4) is 0 Å². The molecule has 1 aromatic rings. The number of hydrogen-bond acceptors (Lipinski definition) is 4. The number of carboxylic acids is 1. The van der Waals surface area contributed by atoms with Gasteiger partial charge in [0.05, 0.1) is 6.54 Å². The predicted molar refractivity (Wildman–Crippen MR) is 82.2 cm³/mol. The second-order valence-corrected chi connectivity index (χ2v) is 5.89. The van der Waals surface area contributed by atoms with Crippen LogP contribution in [0, 0.1) is 5.92 Å². The molecule has 0 aliphatic carbocycles. The van der Waals surface area contributed by atoms with Crippen molar-refractivity contribution < 1.29 is 14.7 Å². The number of aliphatic carboxylic acids is 1. The van der Waals surface area contributed by atoms with Crippen LogP contribution in [-0.2, 0) is 11.3 Å². The Morgan fingerprint density at radius 1 is 1.33 bits per heavy atom. The number of carbonyl (C=O) groups excluding carboxylic acids is 1. The van der Waals surface area contributed by atoms with Crippen LogP contribution in [-0.4, -0.2) is 28.6 Å². The number of carboxylic acid groups (broad SMARTS) is 1. The van der Waals surface area contributed by atoms with Gasteiger partial charge in [-0.15, -0.1) is 11.3 Å². The van der Waals surface area contributed by atoms with Gasteiger partial charge in [0.25, 0.3) is 0 Å². The van der Waals surface area contributed by atoms with Crippen LogP contribution in [0.4, 0.5) is 4.79 Å². The molecule has 0 radical (unpaired) electrons. The summed E-state index contributed by atoms with van der Waals surface area (Å²) < 4.78 is 0. The highest BCUT2D eigenvalue weighted by atomic mass is 32.1. The summed E-state index contributed by atoms with van der Waals surface area (Å²) in [5, 5.41) is 17.0. The summed E-state index contributed by atoms with van der Waals surface area (Å²) in [6, 6.07) is -0.210. The molecule has 0 fully saturated rings. The van der Waals surface area contributed by atoms with Crippen LogP contribution in [0.1, 0.15) is 44.0 Å². The Hall–Kier alpha value is -1.63. The monoisotopic (exact) mass is 313 g/mol. The predicted octanol–water partition coefficient (Wildman–Crippen LogP) is 2.61. The third-order valence-electron chi connectivity index (χ3n) is 3.19. The number of nitrogens with zero attached hydrogens (tertiary/aromatic N) is 1. The molecule has 7 heteroatoms. The van der Waals surface area contributed by atoms with Gasteiger partial charge in [-0.2, -0.15) is 0 Å². The molecule has 1 aromatic heterocycles. The average molecular weight is 313 g/mol. The highest BCUT2D eigenvalue weighted by Gasteiger charge is 2.11. The van der Waals surface area contributed by atoms with Crippen molar-refractivity contribution in [1.82, 2.24) is 15.6 Å². The lowest BCUT2D eigenvalue weighted by molar-refractivity contribution is -0.137. The lowest BCUT2D eigenvalue weighted by Gasteiger charge is -2.15. The van der Waals surface area contributed by atoms with E-state index in [-0.39, 0.29) is 12.5 Å².